The van der Waals surface area contributed by atoms with E-state index in [0.717, 1.165) is 51.3 Å². The van der Waals surface area contributed by atoms with E-state index in [2.05, 4.69) is 46.9 Å². The number of allylic oxidation sites excluding steroid dienone is 4. The lowest BCUT2D eigenvalue weighted by molar-refractivity contribution is 0.0255. The molecule has 0 aliphatic heterocycles. The smallest absolute Gasteiger partial charge is 0.0112 e. The largest absolute Gasteiger partial charge is 0.0826 e. The molecule has 4 fully saturated rings. The Hall–Kier alpha value is 0.210. The molecule has 25 heavy (non-hydrogen) atoms. The van der Waals surface area contributed by atoms with Crippen molar-refractivity contribution in [1.29, 1.82) is 0 Å². The van der Waals surface area contributed by atoms with E-state index in [1.54, 1.807) is 38.5 Å². The van der Waals surface area contributed by atoms with Gasteiger partial charge in [0.1, 0.15) is 0 Å². The van der Waals surface area contributed by atoms with Gasteiger partial charge in [-0.3, -0.25) is 0 Å². The standard InChI is InChI=1S/C24H35I/c25-22-11-9-18-13-17(6-7-20(18)15-22)19-10-12-24-21(14-19)8-5-16-3-1-2-4-23(16)24/h1-4,16-24H,5-15H2. The molecule has 0 N–H and O–H groups in total. The first-order chi connectivity index (χ1) is 12.3. The van der Waals surface area contributed by atoms with E-state index in [4.69, 9.17) is 0 Å². The molecule has 1 heteroatoms. The van der Waals surface area contributed by atoms with Crippen LogP contribution in [0.15, 0.2) is 24.3 Å². The number of hydrogen-bond donors (Lipinski definition) is 0. The molecule has 138 valence electrons. The fraction of sp³-hybridized carbons (Fsp3) is 0.833. The maximum Gasteiger partial charge on any atom is 0.0112 e. The van der Waals surface area contributed by atoms with Gasteiger partial charge < -0.3 is 0 Å². The van der Waals surface area contributed by atoms with Crippen LogP contribution in [0.2, 0.25) is 0 Å². The second-order valence-corrected chi connectivity index (χ2v) is 11.9. The van der Waals surface area contributed by atoms with Crippen molar-refractivity contribution < 1.29 is 0 Å². The topological polar surface area (TPSA) is 0 Å². The molecule has 9 unspecified atom stereocenters. The van der Waals surface area contributed by atoms with Gasteiger partial charge in [0.25, 0.3) is 0 Å². The van der Waals surface area contributed by atoms with Crippen LogP contribution in [-0.4, -0.2) is 3.92 Å². The van der Waals surface area contributed by atoms with Crippen molar-refractivity contribution in [2.75, 3.05) is 0 Å². The lowest BCUT2D eigenvalue weighted by Crippen LogP contribution is -2.41. The highest BCUT2D eigenvalue weighted by Gasteiger charge is 2.44. The summed E-state index contributed by atoms with van der Waals surface area (Å²) in [4.78, 5) is 0. The highest BCUT2D eigenvalue weighted by atomic mass is 127. The number of hydrogen-bond acceptors (Lipinski definition) is 0. The van der Waals surface area contributed by atoms with Crippen molar-refractivity contribution in [2.45, 2.75) is 74.6 Å². The van der Waals surface area contributed by atoms with Crippen LogP contribution < -0.4 is 0 Å². The number of alkyl halides is 1. The Morgan fingerprint density at radius 3 is 2.00 bits per heavy atom. The van der Waals surface area contributed by atoms with Gasteiger partial charge in [-0.15, -0.1) is 0 Å². The van der Waals surface area contributed by atoms with E-state index in [-0.39, 0.29) is 0 Å². The molecule has 0 spiro atoms. The third-order valence-corrected chi connectivity index (χ3v) is 10.1. The third kappa shape index (κ3) is 3.41. The summed E-state index contributed by atoms with van der Waals surface area (Å²) < 4.78 is 0.985. The Balaban J connectivity index is 1.21. The van der Waals surface area contributed by atoms with Crippen LogP contribution in [0.1, 0.15) is 70.6 Å². The molecule has 0 bridgehead atoms. The van der Waals surface area contributed by atoms with Crippen molar-refractivity contribution in [2.24, 2.45) is 47.3 Å². The Kier molecular flexibility index (Phi) is 5.07. The molecule has 5 aliphatic rings. The summed E-state index contributed by atoms with van der Waals surface area (Å²) in [5, 5.41) is 0. The molecule has 5 rings (SSSR count). The van der Waals surface area contributed by atoms with Crippen LogP contribution in [0, 0.1) is 47.3 Å². The van der Waals surface area contributed by atoms with Gasteiger partial charge in [-0.05, 0) is 118 Å². The van der Waals surface area contributed by atoms with Gasteiger partial charge in [-0.2, -0.15) is 0 Å². The van der Waals surface area contributed by atoms with Gasteiger partial charge in [0.15, 0.2) is 0 Å². The zero-order chi connectivity index (χ0) is 16.8. The highest BCUT2D eigenvalue weighted by molar-refractivity contribution is 14.1. The van der Waals surface area contributed by atoms with Gasteiger partial charge in [-0.25, -0.2) is 0 Å². The molecule has 0 aromatic carbocycles. The van der Waals surface area contributed by atoms with E-state index in [0.29, 0.717) is 0 Å². The highest BCUT2D eigenvalue weighted by Crippen LogP contribution is 2.54. The molecule has 0 aromatic heterocycles. The summed E-state index contributed by atoms with van der Waals surface area (Å²) in [6.45, 7) is 0. The summed E-state index contributed by atoms with van der Waals surface area (Å²) in [5.41, 5.74) is 0. The molecule has 0 nitrogen and oxygen atoms in total. The van der Waals surface area contributed by atoms with E-state index >= 15 is 0 Å². The van der Waals surface area contributed by atoms with Crippen LogP contribution >= 0.6 is 22.6 Å². The second kappa shape index (κ2) is 7.32. The predicted octanol–water partition coefficient (Wildman–Crippen LogP) is 7.19. The summed E-state index contributed by atoms with van der Waals surface area (Å²) >= 11 is 2.72. The van der Waals surface area contributed by atoms with E-state index in [1.165, 1.54) is 32.1 Å². The van der Waals surface area contributed by atoms with Gasteiger partial charge in [0, 0.05) is 3.92 Å². The molecular formula is C24H35I. The SMILES string of the molecule is IC1CCC2CC(C3CCC4C(CCC5C=CC=CC54)C3)CCC2C1. The Morgan fingerprint density at radius 1 is 0.560 bits per heavy atom. The molecule has 5 aliphatic carbocycles. The predicted molar refractivity (Wildman–Crippen MR) is 115 cm³/mol. The first-order valence-electron chi connectivity index (χ1n) is 11.3. The molecule has 0 saturated heterocycles. The monoisotopic (exact) mass is 450 g/mol. The normalized spacial score (nSPS) is 52.1. The average Bonchev–Trinajstić information content (AvgIpc) is 2.67. The van der Waals surface area contributed by atoms with Crippen LogP contribution in [0.4, 0.5) is 0 Å². The van der Waals surface area contributed by atoms with Crippen LogP contribution in [0.5, 0.6) is 0 Å². The van der Waals surface area contributed by atoms with Gasteiger partial charge in [-0.1, -0.05) is 46.9 Å². The molecule has 0 amide bonds. The molecular weight excluding hydrogens is 415 g/mol. The quantitative estimate of drug-likeness (QED) is 0.293. The first kappa shape index (κ1) is 17.3. The van der Waals surface area contributed by atoms with Crippen molar-refractivity contribution in [1.82, 2.24) is 0 Å². The average molecular weight is 450 g/mol. The Bertz CT molecular complexity index is 534. The van der Waals surface area contributed by atoms with Crippen molar-refractivity contribution in [3.8, 4) is 0 Å². The van der Waals surface area contributed by atoms with E-state index < -0.39 is 0 Å². The Labute approximate surface area is 168 Å². The van der Waals surface area contributed by atoms with Gasteiger partial charge in [0.2, 0.25) is 0 Å². The molecule has 4 saturated carbocycles. The first-order valence-corrected chi connectivity index (χ1v) is 12.5. The lowest BCUT2D eigenvalue weighted by atomic mass is 9.55. The lowest BCUT2D eigenvalue weighted by Gasteiger charge is -2.50. The van der Waals surface area contributed by atoms with Crippen molar-refractivity contribution in [3.63, 3.8) is 0 Å². The number of fused-ring (bicyclic) bond motifs is 4. The van der Waals surface area contributed by atoms with Crippen molar-refractivity contribution in [3.05, 3.63) is 24.3 Å². The third-order valence-electron chi connectivity index (χ3n) is 9.00. The van der Waals surface area contributed by atoms with E-state index in [9.17, 15) is 0 Å². The maximum atomic E-state index is 2.72. The molecule has 9 atom stereocenters. The van der Waals surface area contributed by atoms with Gasteiger partial charge in [0.05, 0.1) is 0 Å². The minimum atomic E-state index is 0.877. The fourth-order valence-electron chi connectivity index (χ4n) is 7.71. The Morgan fingerprint density at radius 2 is 1.16 bits per heavy atom. The summed E-state index contributed by atoms with van der Waals surface area (Å²) in [6, 6.07) is 0. The number of halogens is 1. The zero-order valence-electron chi connectivity index (χ0n) is 15.7. The van der Waals surface area contributed by atoms with Gasteiger partial charge >= 0.3 is 0 Å². The zero-order valence-corrected chi connectivity index (χ0v) is 17.8. The summed E-state index contributed by atoms with van der Waals surface area (Å²) in [5.74, 6) is 8.20. The minimum absolute atomic E-state index is 0.877. The van der Waals surface area contributed by atoms with Crippen molar-refractivity contribution >= 4 is 22.6 Å². The fourth-order valence-corrected chi connectivity index (χ4v) is 8.73. The summed E-state index contributed by atoms with van der Waals surface area (Å²) in [6.07, 6.45) is 26.7. The van der Waals surface area contributed by atoms with Crippen LogP contribution in [-0.2, 0) is 0 Å². The minimum Gasteiger partial charge on any atom is -0.0826 e. The molecule has 0 radical (unpaired) electrons. The molecule has 0 heterocycles. The maximum absolute atomic E-state index is 2.72. The van der Waals surface area contributed by atoms with E-state index in [1.807, 2.05) is 0 Å². The van der Waals surface area contributed by atoms with Crippen LogP contribution in [0.25, 0.3) is 0 Å². The summed E-state index contributed by atoms with van der Waals surface area (Å²) in [7, 11) is 0. The van der Waals surface area contributed by atoms with Crippen LogP contribution in [0.3, 0.4) is 0 Å². The second-order valence-electron chi connectivity index (χ2n) is 10.1. The molecule has 0 aromatic rings. The number of rotatable bonds is 1.